The van der Waals surface area contributed by atoms with E-state index in [9.17, 15) is 13.2 Å². The first-order valence-electron chi connectivity index (χ1n) is 9.88. The Balaban J connectivity index is 1.63. The first-order chi connectivity index (χ1) is 15.3. The predicted molar refractivity (Wildman–Crippen MR) is 123 cm³/mol. The van der Waals surface area contributed by atoms with E-state index in [1.807, 2.05) is 16.7 Å². The Morgan fingerprint density at radius 2 is 2.16 bits per heavy atom. The summed E-state index contributed by atoms with van der Waals surface area (Å²) in [6, 6.07) is 5.38. The van der Waals surface area contributed by atoms with Crippen LogP contribution in [0.5, 0.6) is 0 Å². The number of ether oxygens (including phenoxy) is 1. The van der Waals surface area contributed by atoms with Crippen molar-refractivity contribution in [3.8, 4) is 5.69 Å². The van der Waals surface area contributed by atoms with E-state index in [-0.39, 0.29) is 18.8 Å². The SMILES string of the molecule is CN(CCS(=O)(=O)N1CCCC1OC=O)c1cc(-n2ccnc2)c2ccc(Cl)c(Cl)c2n1. The number of sulfonamides is 1. The van der Waals surface area contributed by atoms with Gasteiger partial charge in [-0.05, 0) is 18.6 Å². The molecule has 3 aromatic rings. The summed E-state index contributed by atoms with van der Waals surface area (Å²) in [4.78, 5) is 21.2. The number of fused-ring (bicyclic) bond motifs is 1. The fraction of sp³-hybridized carbons (Fsp3) is 0.350. The zero-order chi connectivity index (χ0) is 22.9. The molecule has 0 aliphatic carbocycles. The number of aromatic nitrogens is 3. The van der Waals surface area contributed by atoms with Crippen molar-refractivity contribution in [2.45, 2.75) is 19.1 Å². The molecule has 1 aliphatic heterocycles. The van der Waals surface area contributed by atoms with Crippen LogP contribution in [-0.2, 0) is 19.6 Å². The number of carbonyl (C=O) groups is 1. The van der Waals surface area contributed by atoms with Crippen molar-refractivity contribution in [2.75, 3.05) is 30.8 Å². The second-order valence-corrected chi connectivity index (χ2v) is 10.2. The lowest BCUT2D eigenvalue weighted by atomic mass is 10.1. The zero-order valence-corrected chi connectivity index (χ0v) is 19.5. The number of nitrogens with zero attached hydrogens (tertiary/aromatic N) is 5. The van der Waals surface area contributed by atoms with Crippen molar-refractivity contribution >= 4 is 56.4 Å². The van der Waals surface area contributed by atoms with Crippen LogP contribution in [0.15, 0.2) is 36.9 Å². The molecule has 0 amide bonds. The molecule has 32 heavy (non-hydrogen) atoms. The van der Waals surface area contributed by atoms with Crippen LogP contribution < -0.4 is 4.90 Å². The van der Waals surface area contributed by atoms with Gasteiger partial charge in [-0.1, -0.05) is 23.2 Å². The average molecular weight is 498 g/mol. The number of hydrogen-bond acceptors (Lipinski definition) is 7. The number of hydrogen-bond donors (Lipinski definition) is 0. The van der Waals surface area contributed by atoms with Crippen LogP contribution in [0.1, 0.15) is 12.8 Å². The van der Waals surface area contributed by atoms with Gasteiger partial charge in [-0.3, -0.25) is 4.79 Å². The molecular formula is C20H21Cl2N5O4S. The van der Waals surface area contributed by atoms with Crippen LogP contribution in [0.2, 0.25) is 10.0 Å². The highest BCUT2D eigenvalue weighted by Crippen LogP contribution is 2.34. The molecule has 3 heterocycles. The maximum atomic E-state index is 12.9. The van der Waals surface area contributed by atoms with E-state index in [4.69, 9.17) is 27.9 Å². The van der Waals surface area contributed by atoms with Crippen molar-refractivity contribution in [1.82, 2.24) is 18.8 Å². The Morgan fingerprint density at radius 3 is 2.88 bits per heavy atom. The number of anilines is 1. The van der Waals surface area contributed by atoms with Crippen LogP contribution in [0.3, 0.4) is 0 Å². The molecular weight excluding hydrogens is 477 g/mol. The minimum atomic E-state index is -3.63. The van der Waals surface area contributed by atoms with E-state index in [0.29, 0.717) is 40.8 Å². The third-order valence-corrected chi connectivity index (χ3v) is 8.04. The largest absolute Gasteiger partial charge is 0.448 e. The van der Waals surface area contributed by atoms with Gasteiger partial charge in [-0.25, -0.2) is 18.4 Å². The van der Waals surface area contributed by atoms with Crippen LogP contribution in [0.4, 0.5) is 5.82 Å². The molecule has 1 saturated heterocycles. The van der Waals surface area contributed by atoms with E-state index in [1.54, 1.807) is 36.7 Å². The van der Waals surface area contributed by atoms with Crippen molar-refractivity contribution < 1.29 is 17.9 Å². The maximum Gasteiger partial charge on any atom is 0.294 e. The van der Waals surface area contributed by atoms with Gasteiger partial charge in [-0.2, -0.15) is 4.31 Å². The minimum Gasteiger partial charge on any atom is -0.448 e. The summed E-state index contributed by atoms with van der Waals surface area (Å²) in [5.74, 6) is 0.369. The molecule has 0 bridgehead atoms. The lowest BCUT2D eigenvalue weighted by Crippen LogP contribution is -2.41. The summed E-state index contributed by atoms with van der Waals surface area (Å²) in [6.07, 6.45) is 5.52. The topological polar surface area (TPSA) is 97.6 Å². The van der Waals surface area contributed by atoms with E-state index in [0.717, 1.165) is 11.1 Å². The first kappa shape index (κ1) is 22.8. The summed E-state index contributed by atoms with van der Waals surface area (Å²) < 4.78 is 33.7. The van der Waals surface area contributed by atoms with Gasteiger partial charge in [0.2, 0.25) is 10.0 Å². The van der Waals surface area contributed by atoms with Crippen LogP contribution >= 0.6 is 23.2 Å². The van der Waals surface area contributed by atoms with Crippen molar-refractivity contribution in [3.63, 3.8) is 0 Å². The monoisotopic (exact) mass is 497 g/mol. The van der Waals surface area contributed by atoms with Gasteiger partial charge in [0.15, 0.2) is 6.23 Å². The molecule has 1 aromatic carbocycles. The molecule has 0 spiro atoms. The predicted octanol–water partition coefficient (Wildman–Crippen LogP) is 3.09. The Kier molecular flexibility index (Phi) is 6.57. The summed E-state index contributed by atoms with van der Waals surface area (Å²) >= 11 is 12.6. The van der Waals surface area contributed by atoms with Crippen LogP contribution in [-0.4, -0.2) is 65.8 Å². The Hall–Kier alpha value is -2.40. The van der Waals surface area contributed by atoms with Crippen molar-refractivity contribution in [2.24, 2.45) is 0 Å². The maximum absolute atomic E-state index is 12.9. The number of rotatable bonds is 8. The molecule has 2 aromatic heterocycles. The molecule has 1 fully saturated rings. The zero-order valence-electron chi connectivity index (χ0n) is 17.2. The van der Waals surface area contributed by atoms with Crippen molar-refractivity contribution in [1.29, 1.82) is 0 Å². The van der Waals surface area contributed by atoms with Crippen molar-refractivity contribution in [3.05, 3.63) is 47.0 Å². The normalized spacial score (nSPS) is 17.0. The standard InChI is InChI=1S/C20H21Cl2N5O4S/c1-25(9-10-32(29,30)27-7-2-3-18(27)31-13-28)17-11-16(26-8-6-23-12-26)14-4-5-15(21)19(22)20(14)24-17/h4-6,8,11-13,18H,2-3,7,9-10H2,1H3. The molecule has 1 atom stereocenters. The van der Waals surface area contributed by atoms with E-state index in [2.05, 4.69) is 9.97 Å². The second kappa shape index (κ2) is 9.22. The van der Waals surface area contributed by atoms with Gasteiger partial charge in [0.1, 0.15) is 5.82 Å². The van der Waals surface area contributed by atoms with Crippen LogP contribution in [0.25, 0.3) is 16.6 Å². The molecule has 1 unspecified atom stereocenters. The van der Waals surface area contributed by atoms with Gasteiger partial charge in [0, 0.05) is 50.4 Å². The molecule has 170 valence electrons. The molecule has 4 rings (SSSR count). The smallest absolute Gasteiger partial charge is 0.294 e. The fourth-order valence-electron chi connectivity index (χ4n) is 3.73. The van der Waals surface area contributed by atoms with E-state index >= 15 is 0 Å². The highest BCUT2D eigenvalue weighted by atomic mass is 35.5. The lowest BCUT2D eigenvalue weighted by molar-refractivity contribution is -0.137. The van der Waals surface area contributed by atoms with Gasteiger partial charge in [0.05, 0.1) is 33.3 Å². The minimum absolute atomic E-state index is 0.161. The number of benzene rings is 1. The molecule has 0 N–H and O–H groups in total. The Bertz CT molecular complexity index is 1240. The highest BCUT2D eigenvalue weighted by Gasteiger charge is 2.35. The van der Waals surface area contributed by atoms with Crippen LogP contribution in [0, 0.1) is 0 Å². The number of imidazole rings is 1. The second-order valence-electron chi connectivity index (χ2n) is 7.40. The first-order valence-corrected chi connectivity index (χ1v) is 12.2. The Labute approximate surface area is 195 Å². The highest BCUT2D eigenvalue weighted by molar-refractivity contribution is 7.89. The summed E-state index contributed by atoms with van der Waals surface area (Å²) in [6.45, 7) is 0.792. The molecule has 0 saturated carbocycles. The Morgan fingerprint density at radius 1 is 1.34 bits per heavy atom. The third-order valence-electron chi connectivity index (χ3n) is 5.42. The molecule has 9 nitrogen and oxygen atoms in total. The number of pyridine rings is 1. The average Bonchev–Trinajstić information content (AvgIpc) is 3.47. The number of carbonyl (C=O) groups excluding carboxylic acids is 1. The summed E-state index contributed by atoms with van der Waals surface area (Å²) in [5, 5.41) is 1.48. The quantitative estimate of drug-likeness (QED) is 0.441. The number of halogens is 2. The summed E-state index contributed by atoms with van der Waals surface area (Å²) in [5.41, 5.74) is 1.30. The lowest BCUT2D eigenvalue weighted by Gasteiger charge is -2.25. The van der Waals surface area contributed by atoms with Gasteiger partial charge in [0.25, 0.3) is 6.47 Å². The molecule has 0 radical (unpaired) electrons. The molecule has 1 aliphatic rings. The third kappa shape index (κ3) is 4.40. The van der Waals surface area contributed by atoms with E-state index < -0.39 is 16.3 Å². The van der Waals surface area contributed by atoms with Gasteiger partial charge >= 0.3 is 0 Å². The van der Waals surface area contributed by atoms with Gasteiger partial charge in [-0.15, -0.1) is 0 Å². The van der Waals surface area contributed by atoms with E-state index in [1.165, 1.54) is 4.31 Å². The van der Waals surface area contributed by atoms with Gasteiger partial charge < -0.3 is 14.2 Å². The summed E-state index contributed by atoms with van der Waals surface area (Å²) in [7, 11) is -1.87. The fourth-order valence-corrected chi connectivity index (χ4v) is 5.74. The molecule has 12 heteroatoms.